The fourth-order valence-corrected chi connectivity index (χ4v) is 2.30. The second kappa shape index (κ2) is 12.4. The van der Waals surface area contributed by atoms with Crippen LogP contribution in [0.2, 0.25) is 0 Å². The van der Waals surface area contributed by atoms with Crippen molar-refractivity contribution in [1.82, 2.24) is 5.32 Å². The summed E-state index contributed by atoms with van der Waals surface area (Å²) in [6, 6.07) is 7.14. The molecule has 0 aliphatic carbocycles. The molecule has 1 N–H and O–H groups in total. The van der Waals surface area contributed by atoms with Crippen LogP contribution < -0.4 is 5.32 Å². The summed E-state index contributed by atoms with van der Waals surface area (Å²) in [5, 5.41) is 2.35. The Labute approximate surface area is 186 Å². The summed E-state index contributed by atoms with van der Waals surface area (Å²) in [5.41, 5.74) is 8.01. The van der Waals surface area contributed by atoms with Gasteiger partial charge in [0.2, 0.25) is 5.78 Å². The van der Waals surface area contributed by atoms with Crippen LogP contribution in [0.15, 0.2) is 30.3 Å². The van der Waals surface area contributed by atoms with Gasteiger partial charge in [-0.05, 0) is 41.0 Å². The van der Waals surface area contributed by atoms with Crippen molar-refractivity contribution < 1.29 is 38.2 Å². The maximum absolute atomic E-state index is 12.5. The molecule has 1 rings (SSSR count). The Bertz CT molecular complexity index is 856. The molecule has 0 fully saturated rings. The second-order valence-electron chi connectivity index (χ2n) is 8.24. The highest BCUT2D eigenvalue weighted by Crippen LogP contribution is 2.25. The highest BCUT2D eigenvalue weighted by molar-refractivity contribution is 6.25. The molecular weight excluding hydrogens is 418 g/mol. The zero-order valence-electron chi connectivity index (χ0n) is 18.9. The summed E-state index contributed by atoms with van der Waals surface area (Å²) in [7, 11) is 0. The molecule has 174 valence electrons. The predicted molar refractivity (Wildman–Crippen MR) is 113 cm³/mol. The standard InChI is InChI=1S/C22H29N3O7/c1-14(2)30-18(27)17(12-11-16(26)13-24-23)25-21(29)32-19(15-9-7-6-8-10-15)31-20(28)22(3,4)5/h6-10,13-14,17,19H,11-12H2,1-5H3,(H,25,29)/t17-,19+/m0/s1. The second-order valence-corrected chi connectivity index (χ2v) is 8.24. The van der Waals surface area contributed by atoms with Crippen molar-refractivity contribution in [3.63, 3.8) is 0 Å². The lowest BCUT2D eigenvalue weighted by Crippen LogP contribution is -2.44. The van der Waals surface area contributed by atoms with E-state index in [1.165, 1.54) is 0 Å². The van der Waals surface area contributed by atoms with E-state index < -0.39 is 47.7 Å². The van der Waals surface area contributed by atoms with Crippen molar-refractivity contribution in [3.05, 3.63) is 41.4 Å². The number of ketones is 1. The lowest BCUT2D eigenvalue weighted by Gasteiger charge is -2.24. The van der Waals surface area contributed by atoms with E-state index in [0.717, 1.165) is 0 Å². The van der Waals surface area contributed by atoms with E-state index in [9.17, 15) is 19.2 Å². The molecule has 2 atom stereocenters. The number of Topliss-reactive ketones (excluding diaryl/α,β-unsaturated/α-hetero) is 1. The minimum absolute atomic E-state index is 0.122. The molecule has 10 nitrogen and oxygen atoms in total. The molecule has 1 aromatic rings. The summed E-state index contributed by atoms with van der Waals surface area (Å²) in [5.74, 6) is -1.91. The van der Waals surface area contributed by atoms with Crippen LogP contribution in [0.4, 0.5) is 4.79 Å². The SMILES string of the molecule is CC(C)OC(=O)[C@H](CCC(=O)C=[N+]=[N-])NC(=O)O[C@@H](OC(=O)C(C)(C)C)c1ccccc1. The Morgan fingerprint density at radius 1 is 1.06 bits per heavy atom. The largest absolute Gasteiger partial charge is 0.461 e. The first kappa shape index (κ1) is 26.5. The number of alkyl carbamates (subject to hydrolysis) is 1. The zero-order valence-corrected chi connectivity index (χ0v) is 18.9. The van der Waals surface area contributed by atoms with Gasteiger partial charge in [0, 0.05) is 12.0 Å². The number of rotatable bonds is 10. The Kier molecular flexibility index (Phi) is 10.2. The van der Waals surface area contributed by atoms with Crippen molar-refractivity contribution in [2.45, 2.75) is 65.9 Å². The van der Waals surface area contributed by atoms with Gasteiger partial charge in [-0.1, -0.05) is 30.3 Å². The van der Waals surface area contributed by atoms with E-state index in [0.29, 0.717) is 11.8 Å². The van der Waals surface area contributed by atoms with E-state index >= 15 is 0 Å². The molecule has 0 bridgehead atoms. The number of hydrogen-bond donors (Lipinski definition) is 1. The van der Waals surface area contributed by atoms with Gasteiger partial charge in [0.05, 0.1) is 11.5 Å². The third-order valence-electron chi connectivity index (χ3n) is 3.92. The number of nitrogens with zero attached hydrogens (tertiary/aromatic N) is 2. The molecule has 0 aliphatic heterocycles. The van der Waals surface area contributed by atoms with Gasteiger partial charge in [-0.25, -0.2) is 9.59 Å². The van der Waals surface area contributed by atoms with Crippen molar-refractivity contribution in [1.29, 1.82) is 0 Å². The number of esters is 2. The topological polar surface area (TPSA) is 144 Å². The van der Waals surface area contributed by atoms with Gasteiger partial charge in [0.1, 0.15) is 6.04 Å². The molecule has 0 aromatic heterocycles. The summed E-state index contributed by atoms with van der Waals surface area (Å²) in [6.45, 7) is 8.23. The first-order valence-corrected chi connectivity index (χ1v) is 10.1. The van der Waals surface area contributed by atoms with Gasteiger partial charge < -0.3 is 25.1 Å². The number of ether oxygens (including phenoxy) is 3. The van der Waals surface area contributed by atoms with Crippen LogP contribution in [0.25, 0.3) is 5.53 Å². The van der Waals surface area contributed by atoms with Gasteiger partial charge >= 0.3 is 24.2 Å². The Morgan fingerprint density at radius 2 is 1.69 bits per heavy atom. The van der Waals surface area contributed by atoms with Crippen molar-refractivity contribution in [3.8, 4) is 0 Å². The molecular formula is C22H29N3O7. The predicted octanol–water partition coefficient (Wildman–Crippen LogP) is 2.97. The zero-order chi connectivity index (χ0) is 24.3. The monoisotopic (exact) mass is 447 g/mol. The number of hydrogen-bond acceptors (Lipinski definition) is 7. The number of carbonyl (C=O) groups excluding carboxylic acids is 4. The Balaban J connectivity index is 2.98. The normalized spacial score (nSPS) is 12.7. The van der Waals surface area contributed by atoms with Gasteiger partial charge in [0.25, 0.3) is 6.29 Å². The number of amides is 1. The molecule has 0 heterocycles. The van der Waals surface area contributed by atoms with E-state index in [4.69, 9.17) is 19.7 Å². The molecule has 10 heteroatoms. The van der Waals surface area contributed by atoms with Crippen molar-refractivity contribution >= 4 is 30.0 Å². The number of carbonyl (C=O) groups is 4. The summed E-state index contributed by atoms with van der Waals surface area (Å²) in [6.07, 6.45) is -2.47. The van der Waals surface area contributed by atoms with Crippen LogP contribution in [-0.4, -0.2) is 47.0 Å². The van der Waals surface area contributed by atoms with Crippen LogP contribution in [0.3, 0.4) is 0 Å². The quantitative estimate of drug-likeness (QED) is 0.191. The van der Waals surface area contributed by atoms with Crippen LogP contribution in [0, 0.1) is 5.41 Å². The first-order valence-electron chi connectivity index (χ1n) is 10.1. The fraction of sp³-hybridized carbons (Fsp3) is 0.500. The number of nitrogens with one attached hydrogen (secondary N) is 1. The van der Waals surface area contributed by atoms with Crippen LogP contribution in [0.5, 0.6) is 0 Å². The highest BCUT2D eigenvalue weighted by Gasteiger charge is 2.31. The molecule has 1 aromatic carbocycles. The van der Waals surface area contributed by atoms with Crippen LogP contribution >= 0.6 is 0 Å². The first-order chi connectivity index (χ1) is 14.9. The maximum Gasteiger partial charge on any atom is 0.411 e. The third kappa shape index (κ3) is 9.53. The maximum atomic E-state index is 12.5. The minimum atomic E-state index is -1.35. The minimum Gasteiger partial charge on any atom is -0.461 e. The summed E-state index contributed by atoms with van der Waals surface area (Å²) in [4.78, 5) is 51.5. The average molecular weight is 447 g/mol. The van der Waals surface area contributed by atoms with Gasteiger partial charge in [-0.2, -0.15) is 4.79 Å². The molecule has 0 unspecified atom stereocenters. The van der Waals surface area contributed by atoms with E-state index in [1.807, 2.05) is 0 Å². The van der Waals surface area contributed by atoms with Crippen molar-refractivity contribution in [2.24, 2.45) is 5.41 Å². The van der Waals surface area contributed by atoms with E-state index in [-0.39, 0.29) is 12.8 Å². The summed E-state index contributed by atoms with van der Waals surface area (Å²) < 4.78 is 15.8. The lowest BCUT2D eigenvalue weighted by atomic mass is 9.97. The molecule has 32 heavy (non-hydrogen) atoms. The Morgan fingerprint density at radius 3 is 2.22 bits per heavy atom. The Hall–Kier alpha value is -3.52. The smallest absolute Gasteiger partial charge is 0.411 e. The van der Waals surface area contributed by atoms with Gasteiger partial charge in [-0.3, -0.25) is 9.59 Å². The lowest BCUT2D eigenvalue weighted by molar-refractivity contribution is -0.179. The average Bonchev–Trinajstić information content (AvgIpc) is 2.70. The number of benzene rings is 1. The highest BCUT2D eigenvalue weighted by atomic mass is 16.7. The molecule has 1 amide bonds. The molecule has 0 spiro atoms. The molecule has 0 saturated heterocycles. The third-order valence-corrected chi connectivity index (χ3v) is 3.92. The molecule has 0 radical (unpaired) electrons. The fourth-order valence-electron chi connectivity index (χ4n) is 2.30. The van der Waals surface area contributed by atoms with Crippen molar-refractivity contribution in [2.75, 3.05) is 0 Å². The van der Waals surface area contributed by atoms with Gasteiger partial charge in [0.15, 0.2) is 0 Å². The molecule has 0 saturated carbocycles. The van der Waals surface area contributed by atoms with Gasteiger partial charge in [-0.15, -0.1) is 0 Å². The van der Waals surface area contributed by atoms with Crippen LogP contribution in [-0.2, 0) is 28.6 Å². The van der Waals surface area contributed by atoms with E-state index in [2.05, 4.69) is 10.1 Å². The van der Waals surface area contributed by atoms with E-state index in [1.54, 1.807) is 65.0 Å². The molecule has 0 aliphatic rings. The van der Waals surface area contributed by atoms with Crippen LogP contribution in [0.1, 0.15) is 59.3 Å². The summed E-state index contributed by atoms with van der Waals surface area (Å²) >= 11 is 0.